The molecule has 0 fully saturated rings. The summed E-state index contributed by atoms with van der Waals surface area (Å²) < 4.78 is 24.2. The summed E-state index contributed by atoms with van der Waals surface area (Å²) in [6.07, 6.45) is 0.490. The third kappa shape index (κ3) is 2.66. The van der Waals surface area contributed by atoms with Gasteiger partial charge in [0.2, 0.25) is 0 Å². The summed E-state index contributed by atoms with van der Waals surface area (Å²) in [5.74, 6) is -1.85. The molecule has 0 amide bonds. The maximum Gasteiger partial charge on any atom is 0.307 e. The second-order valence-corrected chi connectivity index (χ2v) is 7.50. The summed E-state index contributed by atoms with van der Waals surface area (Å²) in [5.41, 5.74) is 0.663. The lowest BCUT2D eigenvalue weighted by Crippen LogP contribution is -2.25. The quantitative estimate of drug-likeness (QED) is 0.919. The number of benzene rings is 1. The van der Waals surface area contributed by atoms with Crippen LogP contribution in [0.2, 0.25) is 0 Å². The summed E-state index contributed by atoms with van der Waals surface area (Å²) in [6, 6.07) is 6.75. The molecule has 0 radical (unpaired) electrons. The van der Waals surface area contributed by atoms with Crippen molar-refractivity contribution in [2.45, 2.75) is 31.1 Å². The Morgan fingerprint density at radius 3 is 2.58 bits per heavy atom. The van der Waals surface area contributed by atoms with E-state index >= 15 is 0 Å². The second kappa shape index (κ2) is 4.96. The molecule has 2 unspecified atom stereocenters. The predicted molar refractivity (Wildman–Crippen MR) is 71.8 cm³/mol. The molecule has 4 nitrogen and oxygen atoms in total. The molecule has 0 bridgehead atoms. The van der Waals surface area contributed by atoms with Gasteiger partial charge in [0.25, 0.3) is 0 Å². The number of fused-ring (bicyclic) bond motifs is 1. The Bertz CT molecular complexity index is 589. The molecule has 1 N–H and O–H groups in total. The molecule has 1 aromatic rings. The van der Waals surface area contributed by atoms with E-state index in [1.54, 1.807) is 24.3 Å². The van der Waals surface area contributed by atoms with Crippen LogP contribution in [0.5, 0.6) is 0 Å². The monoisotopic (exact) mass is 282 g/mol. The smallest absolute Gasteiger partial charge is 0.307 e. The van der Waals surface area contributed by atoms with Crippen molar-refractivity contribution in [2.75, 3.05) is 5.75 Å². The van der Waals surface area contributed by atoms with Crippen LogP contribution in [-0.2, 0) is 14.6 Å². The predicted octanol–water partition coefficient (Wildman–Crippen LogP) is 2.30. The lowest BCUT2D eigenvalue weighted by molar-refractivity contribution is -0.143. The van der Waals surface area contributed by atoms with E-state index in [0.29, 0.717) is 16.9 Å². The maximum atomic E-state index is 12.1. The molecule has 1 heterocycles. The highest BCUT2D eigenvalue weighted by Crippen LogP contribution is 2.41. The molecule has 0 aliphatic carbocycles. The van der Waals surface area contributed by atoms with Gasteiger partial charge in [-0.2, -0.15) is 0 Å². The number of hydrogen-bond donors (Lipinski definition) is 1. The third-order valence-electron chi connectivity index (χ3n) is 3.58. The van der Waals surface area contributed by atoms with Crippen molar-refractivity contribution in [3.8, 4) is 0 Å². The van der Waals surface area contributed by atoms with Crippen LogP contribution in [0.15, 0.2) is 29.2 Å². The fourth-order valence-electron chi connectivity index (χ4n) is 2.76. The van der Waals surface area contributed by atoms with E-state index < -0.39 is 27.6 Å². The summed E-state index contributed by atoms with van der Waals surface area (Å²) >= 11 is 0. The lowest BCUT2D eigenvalue weighted by atomic mass is 9.82. The first kappa shape index (κ1) is 14.1. The van der Waals surface area contributed by atoms with E-state index in [1.807, 2.05) is 13.8 Å². The fourth-order valence-corrected chi connectivity index (χ4v) is 4.69. The van der Waals surface area contributed by atoms with Gasteiger partial charge in [0, 0.05) is 5.92 Å². The van der Waals surface area contributed by atoms with E-state index in [2.05, 4.69) is 0 Å². The first-order chi connectivity index (χ1) is 8.83. The number of carboxylic acids is 1. The minimum absolute atomic E-state index is 0.0873. The number of carboxylic acid groups (broad SMARTS) is 1. The van der Waals surface area contributed by atoms with E-state index in [0.717, 1.165) is 0 Å². The SMILES string of the molecule is CC(C)CC(C(=O)O)C1CS(=O)(=O)c2ccccc21. The molecule has 1 aliphatic rings. The molecule has 2 atom stereocenters. The van der Waals surface area contributed by atoms with Gasteiger partial charge < -0.3 is 5.11 Å². The molecule has 1 aliphatic heterocycles. The van der Waals surface area contributed by atoms with Gasteiger partial charge in [0.1, 0.15) is 0 Å². The molecule has 104 valence electrons. The van der Waals surface area contributed by atoms with Crippen molar-refractivity contribution in [3.63, 3.8) is 0 Å². The standard InChI is InChI=1S/C14H18O4S/c1-9(2)7-11(14(15)16)12-8-19(17,18)13-6-4-3-5-10(12)13/h3-6,9,11-12H,7-8H2,1-2H3,(H,15,16). The van der Waals surface area contributed by atoms with Crippen LogP contribution in [0.1, 0.15) is 31.7 Å². The zero-order chi connectivity index (χ0) is 14.2. The van der Waals surface area contributed by atoms with Crippen LogP contribution in [0, 0.1) is 11.8 Å². The molecule has 0 aromatic heterocycles. The van der Waals surface area contributed by atoms with Gasteiger partial charge in [-0.15, -0.1) is 0 Å². The van der Waals surface area contributed by atoms with Crippen LogP contribution >= 0.6 is 0 Å². The number of sulfone groups is 1. The van der Waals surface area contributed by atoms with Crippen molar-refractivity contribution in [1.29, 1.82) is 0 Å². The van der Waals surface area contributed by atoms with E-state index in [4.69, 9.17) is 0 Å². The van der Waals surface area contributed by atoms with Crippen LogP contribution in [0.4, 0.5) is 0 Å². The molecule has 2 rings (SSSR count). The Balaban J connectivity index is 2.44. The van der Waals surface area contributed by atoms with Gasteiger partial charge in [0.05, 0.1) is 16.6 Å². The minimum atomic E-state index is -3.33. The zero-order valence-electron chi connectivity index (χ0n) is 11.0. The molecule has 0 saturated heterocycles. The number of rotatable bonds is 4. The van der Waals surface area contributed by atoms with Crippen molar-refractivity contribution in [3.05, 3.63) is 29.8 Å². The molecule has 19 heavy (non-hydrogen) atoms. The largest absolute Gasteiger partial charge is 0.481 e. The normalized spacial score (nSPS) is 22.2. The van der Waals surface area contributed by atoms with Crippen molar-refractivity contribution in [1.82, 2.24) is 0 Å². The highest BCUT2D eigenvalue weighted by molar-refractivity contribution is 7.91. The van der Waals surface area contributed by atoms with Crippen LogP contribution < -0.4 is 0 Å². The number of aliphatic carboxylic acids is 1. The first-order valence-electron chi connectivity index (χ1n) is 6.37. The van der Waals surface area contributed by atoms with Gasteiger partial charge in [-0.25, -0.2) is 8.42 Å². The zero-order valence-corrected chi connectivity index (χ0v) is 11.9. The second-order valence-electron chi connectivity index (χ2n) is 5.50. The van der Waals surface area contributed by atoms with Gasteiger partial charge in [-0.05, 0) is 24.0 Å². The maximum absolute atomic E-state index is 12.1. The Kier molecular flexibility index (Phi) is 3.67. The highest BCUT2D eigenvalue weighted by Gasteiger charge is 2.41. The molecule has 0 saturated carbocycles. The molecule has 1 aromatic carbocycles. The van der Waals surface area contributed by atoms with E-state index in [-0.39, 0.29) is 11.7 Å². The summed E-state index contributed by atoms with van der Waals surface area (Å²) in [6.45, 7) is 3.90. The molecule has 0 spiro atoms. The third-order valence-corrected chi connectivity index (χ3v) is 5.42. The molecular formula is C14H18O4S. The molecule has 5 heteroatoms. The van der Waals surface area contributed by atoms with Gasteiger partial charge in [-0.1, -0.05) is 32.0 Å². The average Bonchev–Trinajstić information content (AvgIpc) is 2.59. The average molecular weight is 282 g/mol. The van der Waals surface area contributed by atoms with Crippen molar-refractivity contribution < 1.29 is 18.3 Å². The highest BCUT2D eigenvalue weighted by atomic mass is 32.2. The van der Waals surface area contributed by atoms with Gasteiger partial charge in [-0.3, -0.25) is 4.79 Å². The summed E-state index contributed by atoms with van der Waals surface area (Å²) in [4.78, 5) is 11.7. The first-order valence-corrected chi connectivity index (χ1v) is 8.02. The Hall–Kier alpha value is -1.36. The van der Waals surface area contributed by atoms with Crippen LogP contribution in [-0.4, -0.2) is 25.2 Å². The Morgan fingerprint density at radius 2 is 2.00 bits per heavy atom. The van der Waals surface area contributed by atoms with E-state index in [9.17, 15) is 18.3 Å². The molecular weight excluding hydrogens is 264 g/mol. The Labute approximate surface area is 113 Å². The lowest BCUT2D eigenvalue weighted by Gasteiger charge is -2.21. The Morgan fingerprint density at radius 1 is 1.37 bits per heavy atom. The number of hydrogen-bond acceptors (Lipinski definition) is 3. The van der Waals surface area contributed by atoms with Crippen LogP contribution in [0.25, 0.3) is 0 Å². The van der Waals surface area contributed by atoms with E-state index in [1.165, 1.54) is 0 Å². The van der Waals surface area contributed by atoms with Crippen molar-refractivity contribution >= 4 is 15.8 Å². The summed E-state index contributed by atoms with van der Waals surface area (Å²) in [7, 11) is -3.33. The summed E-state index contributed by atoms with van der Waals surface area (Å²) in [5, 5.41) is 9.38. The van der Waals surface area contributed by atoms with Crippen LogP contribution in [0.3, 0.4) is 0 Å². The fraction of sp³-hybridized carbons (Fsp3) is 0.500. The minimum Gasteiger partial charge on any atom is -0.481 e. The number of carbonyl (C=O) groups is 1. The van der Waals surface area contributed by atoms with Gasteiger partial charge in [0.15, 0.2) is 9.84 Å². The van der Waals surface area contributed by atoms with Gasteiger partial charge >= 0.3 is 5.97 Å². The van der Waals surface area contributed by atoms with Crippen molar-refractivity contribution in [2.24, 2.45) is 11.8 Å². The topological polar surface area (TPSA) is 71.4 Å².